The van der Waals surface area contributed by atoms with Gasteiger partial charge in [0.15, 0.2) is 0 Å². The van der Waals surface area contributed by atoms with Crippen molar-refractivity contribution in [3.63, 3.8) is 0 Å². The molecule has 2 heterocycles. The number of ether oxygens (including phenoxy) is 1. The van der Waals surface area contributed by atoms with E-state index in [2.05, 4.69) is 15.4 Å². The number of carbonyl (C=O) groups is 1. The summed E-state index contributed by atoms with van der Waals surface area (Å²) in [7, 11) is 0. The van der Waals surface area contributed by atoms with Crippen LogP contribution in [0.1, 0.15) is 31.9 Å². The van der Waals surface area contributed by atoms with Crippen molar-refractivity contribution in [2.75, 3.05) is 6.61 Å². The zero-order valence-electron chi connectivity index (χ0n) is 13.5. The van der Waals surface area contributed by atoms with Gasteiger partial charge < -0.3 is 10.1 Å². The molecule has 118 valence electrons. The van der Waals surface area contributed by atoms with Crippen molar-refractivity contribution in [2.45, 2.75) is 39.7 Å². The van der Waals surface area contributed by atoms with Crippen LogP contribution in [0.15, 0.2) is 30.9 Å². The lowest BCUT2D eigenvalue weighted by Crippen LogP contribution is -2.41. The lowest BCUT2D eigenvalue weighted by Gasteiger charge is -2.20. The van der Waals surface area contributed by atoms with Gasteiger partial charge in [-0.1, -0.05) is 0 Å². The van der Waals surface area contributed by atoms with Crippen molar-refractivity contribution < 1.29 is 9.53 Å². The second-order valence-corrected chi connectivity index (χ2v) is 6.23. The summed E-state index contributed by atoms with van der Waals surface area (Å²) in [6, 6.07) is 1.90. The fourth-order valence-electron chi connectivity index (χ4n) is 1.98. The van der Waals surface area contributed by atoms with Gasteiger partial charge >= 0.3 is 6.09 Å². The van der Waals surface area contributed by atoms with Crippen LogP contribution in [0.3, 0.4) is 0 Å². The molecule has 0 spiro atoms. The quantitative estimate of drug-likeness (QED) is 0.942. The average molecular weight is 302 g/mol. The van der Waals surface area contributed by atoms with E-state index in [0.29, 0.717) is 13.0 Å². The predicted molar refractivity (Wildman–Crippen MR) is 84.0 cm³/mol. The highest BCUT2D eigenvalue weighted by Gasteiger charge is 2.14. The molecule has 1 N–H and O–H groups in total. The summed E-state index contributed by atoms with van der Waals surface area (Å²) < 4.78 is 7.02. The van der Waals surface area contributed by atoms with Gasteiger partial charge in [-0.2, -0.15) is 5.10 Å². The fraction of sp³-hybridized carbons (Fsp3) is 0.438. The summed E-state index contributed by atoms with van der Waals surface area (Å²) in [6.07, 6.45) is 7.43. The molecule has 6 heteroatoms. The number of pyridine rings is 1. The van der Waals surface area contributed by atoms with E-state index in [9.17, 15) is 4.79 Å². The standard InChI is InChI=1S/C16H22N4O2/c1-12-9-18-20(11-12)14-5-7-17-10-13(14)6-8-22-15(21)19-16(2,3)4/h5,7,9-11H,6,8H2,1-4H3,(H,19,21). The first-order valence-electron chi connectivity index (χ1n) is 7.24. The van der Waals surface area contributed by atoms with Crippen LogP contribution in [0.5, 0.6) is 0 Å². The summed E-state index contributed by atoms with van der Waals surface area (Å²) in [5, 5.41) is 7.07. The average Bonchev–Trinajstić information content (AvgIpc) is 2.84. The Kier molecular flexibility index (Phi) is 4.80. The molecule has 22 heavy (non-hydrogen) atoms. The third-order valence-electron chi connectivity index (χ3n) is 2.92. The van der Waals surface area contributed by atoms with Crippen LogP contribution in [-0.4, -0.2) is 33.0 Å². The van der Waals surface area contributed by atoms with E-state index in [1.54, 1.807) is 18.6 Å². The summed E-state index contributed by atoms with van der Waals surface area (Å²) >= 11 is 0. The van der Waals surface area contributed by atoms with Crippen LogP contribution < -0.4 is 5.32 Å². The molecule has 0 aliphatic rings. The number of rotatable bonds is 4. The summed E-state index contributed by atoms with van der Waals surface area (Å²) in [4.78, 5) is 15.8. The molecule has 2 aromatic heterocycles. The maximum Gasteiger partial charge on any atom is 0.407 e. The van der Waals surface area contributed by atoms with Gasteiger partial charge in [-0.25, -0.2) is 9.48 Å². The maximum atomic E-state index is 11.6. The maximum absolute atomic E-state index is 11.6. The summed E-state index contributed by atoms with van der Waals surface area (Å²) in [5.74, 6) is 0. The Bertz CT molecular complexity index is 644. The Balaban J connectivity index is 1.98. The van der Waals surface area contributed by atoms with E-state index >= 15 is 0 Å². The van der Waals surface area contributed by atoms with Gasteiger partial charge in [0.1, 0.15) is 0 Å². The van der Waals surface area contributed by atoms with Crippen molar-refractivity contribution in [3.8, 4) is 5.69 Å². The first-order chi connectivity index (χ1) is 10.3. The first kappa shape index (κ1) is 16.0. The molecular formula is C16H22N4O2. The van der Waals surface area contributed by atoms with Gasteiger partial charge in [0.2, 0.25) is 0 Å². The Morgan fingerprint density at radius 1 is 1.36 bits per heavy atom. The molecule has 2 rings (SSSR count). The van der Waals surface area contributed by atoms with Gasteiger partial charge in [0, 0.05) is 30.6 Å². The molecule has 0 aliphatic carbocycles. The molecule has 0 saturated heterocycles. The molecule has 1 amide bonds. The minimum absolute atomic E-state index is 0.293. The smallest absolute Gasteiger partial charge is 0.407 e. The molecule has 0 atom stereocenters. The van der Waals surface area contributed by atoms with Crippen LogP contribution in [0.4, 0.5) is 4.79 Å². The van der Waals surface area contributed by atoms with E-state index in [4.69, 9.17) is 4.74 Å². The minimum atomic E-state index is -0.409. The lowest BCUT2D eigenvalue weighted by molar-refractivity contribution is 0.139. The molecule has 0 aliphatic heterocycles. The number of amides is 1. The van der Waals surface area contributed by atoms with Gasteiger partial charge in [0.25, 0.3) is 0 Å². The van der Waals surface area contributed by atoms with E-state index in [0.717, 1.165) is 16.8 Å². The number of nitrogens with zero attached hydrogens (tertiary/aromatic N) is 3. The topological polar surface area (TPSA) is 69.0 Å². The number of hydrogen-bond acceptors (Lipinski definition) is 4. The Morgan fingerprint density at radius 2 is 2.14 bits per heavy atom. The van der Waals surface area contributed by atoms with Crippen LogP contribution in [0.25, 0.3) is 5.69 Å². The lowest BCUT2D eigenvalue weighted by atomic mass is 10.1. The summed E-state index contributed by atoms with van der Waals surface area (Å²) in [6.45, 7) is 8.01. The minimum Gasteiger partial charge on any atom is -0.449 e. The van der Waals surface area contributed by atoms with Gasteiger partial charge in [0.05, 0.1) is 18.5 Å². The predicted octanol–water partition coefficient (Wildman–Crippen LogP) is 2.64. The number of nitrogens with one attached hydrogen (secondary N) is 1. The highest BCUT2D eigenvalue weighted by Crippen LogP contribution is 2.14. The zero-order valence-corrected chi connectivity index (χ0v) is 13.5. The molecule has 0 bridgehead atoms. The number of aryl methyl sites for hydroxylation is 1. The SMILES string of the molecule is Cc1cnn(-c2ccncc2CCOC(=O)NC(C)(C)C)c1. The van der Waals surface area contributed by atoms with E-state index in [1.807, 2.05) is 44.6 Å². The molecule has 0 fully saturated rings. The third kappa shape index (κ3) is 4.58. The fourth-order valence-corrected chi connectivity index (χ4v) is 1.98. The number of aromatic nitrogens is 3. The highest BCUT2D eigenvalue weighted by atomic mass is 16.5. The molecule has 2 aromatic rings. The van der Waals surface area contributed by atoms with Crippen LogP contribution in [0, 0.1) is 6.92 Å². The highest BCUT2D eigenvalue weighted by molar-refractivity contribution is 5.68. The number of hydrogen-bond donors (Lipinski definition) is 1. The van der Waals surface area contributed by atoms with E-state index in [1.165, 1.54) is 0 Å². The molecule has 0 unspecified atom stereocenters. The second-order valence-electron chi connectivity index (χ2n) is 6.23. The van der Waals surface area contributed by atoms with Crippen molar-refractivity contribution in [1.29, 1.82) is 0 Å². The van der Waals surface area contributed by atoms with Gasteiger partial charge in [-0.3, -0.25) is 4.98 Å². The van der Waals surface area contributed by atoms with Gasteiger partial charge in [-0.15, -0.1) is 0 Å². The van der Waals surface area contributed by atoms with Crippen molar-refractivity contribution >= 4 is 6.09 Å². The number of alkyl carbamates (subject to hydrolysis) is 1. The van der Waals surface area contributed by atoms with Gasteiger partial charge in [-0.05, 0) is 44.9 Å². The third-order valence-corrected chi connectivity index (χ3v) is 2.92. The Labute approximate surface area is 130 Å². The van der Waals surface area contributed by atoms with Crippen molar-refractivity contribution in [3.05, 3.63) is 42.0 Å². The molecule has 0 aromatic carbocycles. The molecular weight excluding hydrogens is 280 g/mol. The van der Waals surface area contributed by atoms with Crippen LogP contribution in [0.2, 0.25) is 0 Å². The van der Waals surface area contributed by atoms with E-state index < -0.39 is 6.09 Å². The van der Waals surface area contributed by atoms with Crippen LogP contribution >= 0.6 is 0 Å². The normalized spacial score (nSPS) is 11.3. The number of carbonyl (C=O) groups excluding carboxylic acids is 1. The largest absolute Gasteiger partial charge is 0.449 e. The van der Waals surface area contributed by atoms with Crippen molar-refractivity contribution in [1.82, 2.24) is 20.1 Å². The first-order valence-corrected chi connectivity index (χ1v) is 7.24. The van der Waals surface area contributed by atoms with E-state index in [-0.39, 0.29) is 5.54 Å². The molecule has 0 radical (unpaired) electrons. The van der Waals surface area contributed by atoms with Crippen molar-refractivity contribution in [2.24, 2.45) is 0 Å². The molecule has 6 nitrogen and oxygen atoms in total. The second kappa shape index (κ2) is 6.60. The Morgan fingerprint density at radius 3 is 2.77 bits per heavy atom. The molecule has 0 saturated carbocycles. The Hall–Kier alpha value is -2.37. The zero-order chi connectivity index (χ0) is 16.2. The summed E-state index contributed by atoms with van der Waals surface area (Å²) in [5.41, 5.74) is 2.71. The monoisotopic (exact) mass is 302 g/mol. The van der Waals surface area contributed by atoms with Crippen LogP contribution in [-0.2, 0) is 11.2 Å².